The van der Waals surface area contributed by atoms with Gasteiger partial charge in [0.2, 0.25) is 0 Å². The lowest BCUT2D eigenvalue weighted by molar-refractivity contribution is 0.0786. The minimum Gasteiger partial charge on any atom is -0.337 e. The van der Waals surface area contributed by atoms with Crippen LogP contribution >= 0.6 is 15.9 Å². The van der Waals surface area contributed by atoms with Crippen molar-refractivity contribution in [1.82, 2.24) is 19.7 Å². The Morgan fingerprint density at radius 2 is 1.83 bits per heavy atom. The fourth-order valence-corrected chi connectivity index (χ4v) is 4.05. The number of nitrogens with zero attached hydrogens (tertiary/aromatic N) is 4. The van der Waals surface area contributed by atoms with E-state index in [1.807, 2.05) is 87.2 Å². The Kier molecular flexibility index (Phi) is 5.43. The average Bonchev–Trinajstić information content (AvgIpc) is 2.99. The minimum absolute atomic E-state index is 0.0414. The first kappa shape index (κ1) is 20.3. The van der Waals surface area contributed by atoms with Gasteiger partial charge in [0.15, 0.2) is 0 Å². The van der Waals surface area contributed by atoms with Crippen molar-refractivity contribution < 1.29 is 4.79 Å². The molecule has 0 unspecified atom stereocenters. The number of amides is 1. The standard InChI is InChI=1S/C24H23BrN4O/c1-15-21(16(2)29(4)27-15)14-28(3)24(30)20-13-23(17-8-6-5-7-9-17)26-22-11-10-18(25)12-19(20)22/h5-13H,14H2,1-4H3. The Labute approximate surface area is 184 Å². The molecule has 0 aliphatic heterocycles. The molecule has 0 aliphatic carbocycles. The van der Waals surface area contributed by atoms with E-state index in [4.69, 9.17) is 4.98 Å². The summed E-state index contributed by atoms with van der Waals surface area (Å²) in [6.07, 6.45) is 0. The quantitative estimate of drug-likeness (QED) is 0.414. The molecule has 0 atom stereocenters. The fourth-order valence-electron chi connectivity index (χ4n) is 3.69. The van der Waals surface area contributed by atoms with Gasteiger partial charge >= 0.3 is 0 Å². The monoisotopic (exact) mass is 462 g/mol. The van der Waals surface area contributed by atoms with Crippen LogP contribution in [0.5, 0.6) is 0 Å². The smallest absolute Gasteiger partial charge is 0.254 e. The van der Waals surface area contributed by atoms with Crippen molar-refractivity contribution in [3.8, 4) is 11.3 Å². The highest BCUT2D eigenvalue weighted by Gasteiger charge is 2.20. The maximum atomic E-state index is 13.5. The SMILES string of the molecule is Cc1nn(C)c(C)c1CN(C)C(=O)c1cc(-c2ccccc2)nc2ccc(Br)cc12. The summed E-state index contributed by atoms with van der Waals surface area (Å²) in [5.74, 6) is -0.0414. The van der Waals surface area contributed by atoms with E-state index in [1.54, 1.807) is 4.90 Å². The second kappa shape index (κ2) is 8.03. The molecule has 5 nitrogen and oxygen atoms in total. The number of carbonyl (C=O) groups excluding carboxylic acids is 1. The van der Waals surface area contributed by atoms with Crippen molar-refractivity contribution in [2.45, 2.75) is 20.4 Å². The molecule has 2 heterocycles. The van der Waals surface area contributed by atoms with E-state index in [-0.39, 0.29) is 5.91 Å². The van der Waals surface area contributed by atoms with Crippen molar-refractivity contribution >= 4 is 32.7 Å². The zero-order valence-corrected chi connectivity index (χ0v) is 19.1. The lowest BCUT2D eigenvalue weighted by Crippen LogP contribution is -2.27. The first-order chi connectivity index (χ1) is 14.3. The van der Waals surface area contributed by atoms with E-state index < -0.39 is 0 Å². The van der Waals surface area contributed by atoms with Crippen molar-refractivity contribution in [2.24, 2.45) is 7.05 Å². The number of benzene rings is 2. The first-order valence-corrected chi connectivity index (χ1v) is 10.5. The fraction of sp³-hybridized carbons (Fsp3) is 0.208. The van der Waals surface area contributed by atoms with Crippen LogP contribution in [0.1, 0.15) is 27.3 Å². The Bertz CT molecular complexity index is 1250. The van der Waals surface area contributed by atoms with Gasteiger partial charge in [0.05, 0.1) is 22.5 Å². The van der Waals surface area contributed by atoms with Crippen molar-refractivity contribution in [1.29, 1.82) is 0 Å². The molecular formula is C24H23BrN4O. The van der Waals surface area contributed by atoms with Gasteiger partial charge in [-0.1, -0.05) is 46.3 Å². The summed E-state index contributed by atoms with van der Waals surface area (Å²) >= 11 is 3.53. The van der Waals surface area contributed by atoms with Gasteiger partial charge in [-0.2, -0.15) is 5.10 Å². The van der Waals surface area contributed by atoms with Crippen LogP contribution in [0.4, 0.5) is 0 Å². The number of carbonyl (C=O) groups is 1. The van der Waals surface area contributed by atoms with Crippen LogP contribution in [0, 0.1) is 13.8 Å². The predicted octanol–water partition coefficient (Wildman–Crippen LogP) is 5.29. The Hall–Kier alpha value is -2.99. The maximum absolute atomic E-state index is 13.5. The zero-order chi connectivity index (χ0) is 21.4. The molecule has 0 radical (unpaired) electrons. The zero-order valence-electron chi connectivity index (χ0n) is 17.5. The molecule has 30 heavy (non-hydrogen) atoms. The molecule has 0 saturated carbocycles. The number of fused-ring (bicyclic) bond motifs is 1. The molecule has 152 valence electrons. The maximum Gasteiger partial charge on any atom is 0.254 e. The number of rotatable bonds is 4. The normalized spacial score (nSPS) is 11.1. The van der Waals surface area contributed by atoms with Gasteiger partial charge in [-0.25, -0.2) is 4.98 Å². The molecule has 0 N–H and O–H groups in total. The molecule has 2 aromatic heterocycles. The number of aryl methyl sites for hydroxylation is 2. The highest BCUT2D eigenvalue weighted by atomic mass is 79.9. The third kappa shape index (κ3) is 3.75. The Morgan fingerprint density at radius 1 is 1.10 bits per heavy atom. The number of hydrogen-bond donors (Lipinski definition) is 0. The molecule has 0 spiro atoms. The van der Waals surface area contributed by atoms with Crippen LogP contribution in [0.3, 0.4) is 0 Å². The molecule has 2 aromatic carbocycles. The van der Waals surface area contributed by atoms with E-state index in [1.165, 1.54) is 0 Å². The molecular weight excluding hydrogens is 440 g/mol. The summed E-state index contributed by atoms with van der Waals surface area (Å²) in [7, 11) is 3.76. The third-order valence-corrected chi connectivity index (χ3v) is 5.96. The topological polar surface area (TPSA) is 51.0 Å². The molecule has 0 fully saturated rings. The second-order valence-electron chi connectivity index (χ2n) is 7.52. The molecule has 4 rings (SSSR count). The summed E-state index contributed by atoms with van der Waals surface area (Å²) in [6, 6.07) is 17.7. The summed E-state index contributed by atoms with van der Waals surface area (Å²) in [6.45, 7) is 4.51. The molecule has 1 amide bonds. The van der Waals surface area contributed by atoms with E-state index in [0.29, 0.717) is 12.1 Å². The lowest BCUT2D eigenvalue weighted by atomic mass is 10.0. The van der Waals surface area contributed by atoms with Gasteiger partial charge in [-0.3, -0.25) is 9.48 Å². The summed E-state index contributed by atoms with van der Waals surface area (Å²) < 4.78 is 2.77. The summed E-state index contributed by atoms with van der Waals surface area (Å²) in [4.78, 5) is 20.1. The van der Waals surface area contributed by atoms with Crippen LogP contribution in [0.15, 0.2) is 59.1 Å². The van der Waals surface area contributed by atoms with E-state index in [9.17, 15) is 4.79 Å². The van der Waals surface area contributed by atoms with Crippen LogP contribution in [0.25, 0.3) is 22.2 Å². The largest absolute Gasteiger partial charge is 0.337 e. The van der Waals surface area contributed by atoms with Gasteiger partial charge in [0.1, 0.15) is 0 Å². The molecule has 0 aliphatic rings. The predicted molar refractivity (Wildman–Crippen MR) is 123 cm³/mol. The highest BCUT2D eigenvalue weighted by molar-refractivity contribution is 9.10. The Balaban J connectivity index is 1.79. The highest BCUT2D eigenvalue weighted by Crippen LogP contribution is 2.28. The van der Waals surface area contributed by atoms with Crippen molar-refractivity contribution in [3.63, 3.8) is 0 Å². The first-order valence-electron chi connectivity index (χ1n) is 9.75. The number of hydrogen-bond acceptors (Lipinski definition) is 3. The average molecular weight is 463 g/mol. The van der Waals surface area contributed by atoms with Crippen molar-refractivity contribution in [3.05, 3.63) is 81.6 Å². The molecule has 4 aromatic rings. The molecule has 6 heteroatoms. The van der Waals surface area contributed by atoms with Crippen LogP contribution in [-0.4, -0.2) is 32.6 Å². The van der Waals surface area contributed by atoms with Crippen LogP contribution < -0.4 is 0 Å². The van der Waals surface area contributed by atoms with Crippen LogP contribution in [-0.2, 0) is 13.6 Å². The van der Waals surface area contributed by atoms with Gasteiger partial charge in [-0.05, 0) is 38.1 Å². The lowest BCUT2D eigenvalue weighted by Gasteiger charge is -2.19. The van der Waals surface area contributed by atoms with Gasteiger partial charge < -0.3 is 4.90 Å². The third-order valence-electron chi connectivity index (χ3n) is 5.47. The van der Waals surface area contributed by atoms with E-state index in [2.05, 4.69) is 21.0 Å². The van der Waals surface area contributed by atoms with Crippen LogP contribution in [0.2, 0.25) is 0 Å². The number of pyridine rings is 1. The van der Waals surface area contributed by atoms with Crippen molar-refractivity contribution in [2.75, 3.05) is 7.05 Å². The number of halogens is 1. The van der Waals surface area contributed by atoms with Gasteiger partial charge in [-0.15, -0.1) is 0 Å². The van der Waals surface area contributed by atoms with E-state index in [0.717, 1.165) is 43.6 Å². The van der Waals surface area contributed by atoms with E-state index >= 15 is 0 Å². The summed E-state index contributed by atoms with van der Waals surface area (Å²) in [5, 5.41) is 5.31. The second-order valence-corrected chi connectivity index (χ2v) is 8.43. The van der Waals surface area contributed by atoms with Gasteiger partial charge in [0.25, 0.3) is 5.91 Å². The molecule has 0 saturated heterocycles. The summed E-state index contributed by atoms with van der Waals surface area (Å²) in [5.41, 5.74) is 6.30. The number of aromatic nitrogens is 3. The Morgan fingerprint density at radius 3 is 2.50 bits per heavy atom. The minimum atomic E-state index is -0.0414. The molecule has 0 bridgehead atoms. The van der Waals surface area contributed by atoms with Gasteiger partial charge in [0, 0.05) is 47.3 Å².